The summed E-state index contributed by atoms with van der Waals surface area (Å²) in [7, 11) is 0. The molecule has 2 aliphatic rings. The van der Waals surface area contributed by atoms with E-state index in [1.54, 1.807) is 18.2 Å². The van der Waals surface area contributed by atoms with Crippen LogP contribution in [-0.4, -0.2) is 28.0 Å². The third kappa shape index (κ3) is 6.57. The first-order valence-corrected chi connectivity index (χ1v) is 13.0. The summed E-state index contributed by atoms with van der Waals surface area (Å²) in [6, 6.07) is 7.53. The molecule has 1 atom stereocenters. The number of hydrogen-bond acceptors (Lipinski definition) is 7. The topological polar surface area (TPSA) is 93.3 Å². The van der Waals surface area contributed by atoms with E-state index in [1.807, 2.05) is 18.2 Å². The van der Waals surface area contributed by atoms with Crippen LogP contribution in [0.2, 0.25) is 0 Å². The van der Waals surface area contributed by atoms with E-state index >= 15 is 0 Å². The van der Waals surface area contributed by atoms with E-state index in [-0.39, 0.29) is 24.3 Å². The van der Waals surface area contributed by atoms with E-state index in [1.165, 1.54) is 24.0 Å². The molecule has 0 spiro atoms. The molecule has 39 heavy (non-hydrogen) atoms. The molecule has 0 amide bonds. The zero-order valence-electron chi connectivity index (χ0n) is 21.5. The Balaban J connectivity index is 1.89. The van der Waals surface area contributed by atoms with Gasteiger partial charge in [0.1, 0.15) is 11.4 Å². The lowest BCUT2D eigenvalue weighted by Crippen LogP contribution is -2.41. The van der Waals surface area contributed by atoms with Crippen LogP contribution in [-0.2, 0) is 12.6 Å². The molecule has 2 aliphatic carbocycles. The fraction of sp³-hybridized carbons (Fsp3) is 0.310. The highest BCUT2D eigenvalue weighted by Crippen LogP contribution is 2.46. The van der Waals surface area contributed by atoms with Crippen LogP contribution in [0.5, 0.6) is 0 Å². The first-order valence-electron chi connectivity index (χ1n) is 12.6. The van der Waals surface area contributed by atoms with Crippen molar-refractivity contribution in [3.05, 3.63) is 107 Å². The Labute approximate surface area is 231 Å². The number of ketones is 1. The molecular weight excluding hydrogens is 523 g/mol. The van der Waals surface area contributed by atoms with Gasteiger partial charge >= 0.3 is 6.18 Å². The lowest BCUT2D eigenvalue weighted by atomic mass is 9.63. The minimum atomic E-state index is -4.61. The van der Waals surface area contributed by atoms with Crippen molar-refractivity contribution in [3.8, 4) is 0 Å². The second-order valence-corrected chi connectivity index (χ2v) is 10.0. The third-order valence-corrected chi connectivity index (χ3v) is 7.23. The highest BCUT2D eigenvalue weighted by Gasteiger charge is 2.46. The number of halogens is 3. The van der Waals surface area contributed by atoms with Crippen LogP contribution in [0, 0.1) is 5.41 Å². The van der Waals surface area contributed by atoms with Crippen molar-refractivity contribution in [1.29, 1.82) is 0 Å². The number of nitrogens with one attached hydrogen (secondary N) is 1. The van der Waals surface area contributed by atoms with Crippen molar-refractivity contribution in [2.75, 3.05) is 6.54 Å². The summed E-state index contributed by atoms with van der Waals surface area (Å²) >= 11 is 4.13. The average Bonchev–Trinajstić information content (AvgIpc) is 2.93. The number of Topliss-reactive ketones (excluding diaryl/α,β-unsaturated/α-hetero) is 1. The quantitative estimate of drug-likeness (QED) is 0.277. The van der Waals surface area contributed by atoms with E-state index in [4.69, 9.17) is 10.7 Å². The normalized spacial score (nSPS) is 21.9. The van der Waals surface area contributed by atoms with Gasteiger partial charge in [0.15, 0.2) is 5.78 Å². The maximum atomic E-state index is 14.3. The summed E-state index contributed by atoms with van der Waals surface area (Å²) in [4.78, 5) is 26.9. The smallest absolute Gasteiger partial charge is 0.404 e. The first-order chi connectivity index (χ1) is 18.7. The number of nitrogens with zero attached hydrogens (tertiary/aromatic N) is 3. The Morgan fingerprint density at radius 2 is 2.03 bits per heavy atom. The lowest BCUT2D eigenvalue weighted by Gasteiger charge is -2.39. The van der Waals surface area contributed by atoms with E-state index in [0.717, 1.165) is 36.4 Å². The highest BCUT2D eigenvalue weighted by atomic mass is 32.1. The number of carbonyl (C=O) groups is 1. The maximum Gasteiger partial charge on any atom is 0.433 e. The molecule has 2 aromatic rings. The van der Waals surface area contributed by atoms with E-state index in [9.17, 15) is 18.0 Å². The van der Waals surface area contributed by atoms with Crippen LogP contribution in [0.25, 0.3) is 0 Å². The zero-order valence-corrected chi connectivity index (χ0v) is 22.4. The Kier molecular flexibility index (Phi) is 8.87. The number of pyridine rings is 2. The molecule has 2 aromatic heterocycles. The van der Waals surface area contributed by atoms with Gasteiger partial charge in [-0.05, 0) is 92.8 Å². The van der Waals surface area contributed by atoms with Gasteiger partial charge in [0.25, 0.3) is 0 Å². The molecule has 204 valence electrons. The van der Waals surface area contributed by atoms with Crippen LogP contribution in [0.4, 0.5) is 13.2 Å². The third-order valence-electron chi connectivity index (χ3n) is 7.01. The van der Waals surface area contributed by atoms with Gasteiger partial charge in [0.2, 0.25) is 0 Å². The Morgan fingerprint density at radius 3 is 2.67 bits per heavy atom. The van der Waals surface area contributed by atoms with Gasteiger partial charge in [-0.25, -0.2) is 0 Å². The van der Waals surface area contributed by atoms with Crippen LogP contribution >= 0.6 is 12.8 Å². The molecular formula is C29H30F3N5OS. The molecule has 0 saturated heterocycles. The number of carbonyl (C=O) groups excluding carboxylic acids is 1. The van der Waals surface area contributed by atoms with Crippen LogP contribution < -0.4 is 10.5 Å². The second-order valence-electron chi connectivity index (χ2n) is 9.71. The van der Waals surface area contributed by atoms with Crippen molar-refractivity contribution < 1.29 is 18.0 Å². The van der Waals surface area contributed by atoms with E-state index < -0.39 is 17.3 Å². The fourth-order valence-electron chi connectivity index (χ4n) is 4.97. The predicted octanol–water partition coefficient (Wildman–Crippen LogP) is 5.97. The molecule has 2 heterocycles. The fourth-order valence-corrected chi connectivity index (χ4v) is 5.08. The van der Waals surface area contributed by atoms with Gasteiger partial charge in [-0.15, -0.1) is 0 Å². The average molecular weight is 554 g/mol. The van der Waals surface area contributed by atoms with Crippen molar-refractivity contribution in [2.24, 2.45) is 16.1 Å². The maximum absolute atomic E-state index is 14.3. The van der Waals surface area contributed by atoms with Gasteiger partial charge < -0.3 is 5.73 Å². The van der Waals surface area contributed by atoms with E-state index in [2.05, 4.69) is 34.4 Å². The molecule has 0 bridgehead atoms. The largest absolute Gasteiger partial charge is 0.433 e. The number of aromatic nitrogens is 2. The number of hydrogen-bond donors (Lipinski definition) is 3. The lowest BCUT2D eigenvalue weighted by molar-refractivity contribution is -0.141. The number of nitrogens with two attached hydrogens (primary N) is 1. The molecule has 4 rings (SSSR count). The number of allylic oxidation sites excluding steroid dienone is 6. The van der Waals surface area contributed by atoms with Gasteiger partial charge in [0, 0.05) is 24.6 Å². The van der Waals surface area contributed by atoms with Gasteiger partial charge in [-0.3, -0.25) is 24.5 Å². The summed E-state index contributed by atoms with van der Waals surface area (Å²) in [5, 5.41) is 0. The minimum Gasteiger partial charge on any atom is -0.404 e. The van der Waals surface area contributed by atoms with Crippen LogP contribution in [0.1, 0.15) is 54.4 Å². The Hall–Kier alpha value is -3.50. The molecule has 3 N–H and O–H groups in total. The predicted molar refractivity (Wildman–Crippen MR) is 149 cm³/mol. The van der Waals surface area contributed by atoms with Crippen molar-refractivity contribution in [1.82, 2.24) is 14.7 Å². The summed E-state index contributed by atoms with van der Waals surface area (Å²) < 4.78 is 43.3. The van der Waals surface area contributed by atoms with Crippen molar-refractivity contribution in [2.45, 2.75) is 45.2 Å². The summed E-state index contributed by atoms with van der Waals surface area (Å²) in [6.07, 6.45) is 7.56. The summed E-state index contributed by atoms with van der Waals surface area (Å²) in [5.74, 6) is -0.298. The SMILES string of the molecule is CC1=CC=C(N=C2C=C(CCNS)C(Cc3ccnc(C(F)(F)F)c3)(C(=O)c3ccccn3)CC2=CN)CC1. The number of alkyl halides is 3. The zero-order chi connectivity index (χ0) is 28.0. The molecule has 1 unspecified atom stereocenters. The van der Waals surface area contributed by atoms with E-state index in [0.29, 0.717) is 29.8 Å². The standard InChI is InChI=1S/C29H30F3N5OS/c1-19-5-7-23(8-6-19)37-25-15-22(10-13-36-39)28(17-21(25)18-33,27(38)24-4-2-3-11-34-24)16-20-9-12-35-26(14-20)29(30,31)32/h2-5,7,9,11-12,14-15,18,36,39H,6,8,10,13,16-17,33H2,1H3. The van der Waals surface area contributed by atoms with Crippen LogP contribution in [0.3, 0.4) is 0 Å². The number of thiol groups is 1. The number of aliphatic imine (C=N–C) groups is 1. The second kappa shape index (κ2) is 12.1. The molecule has 6 nitrogen and oxygen atoms in total. The Bertz CT molecular complexity index is 1380. The Morgan fingerprint density at radius 1 is 1.21 bits per heavy atom. The van der Waals surface area contributed by atoms with Gasteiger partial charge in [0.05, 0.1) is 11.1 Å². The van der Waals surface area contributed by atoms with Crippen molar-refractivity contribution >= 4 is 24.3 Å². The minimum absolute atomic E-state index is 0.00165. The van der Waals surface area contributed by atoms with Crippen molar-refractivity contribution in [3.63, 3.8) is 0 Å². The number of rotatable bonds is 8. The monoisotopic (exact) mass is 553 g/mol. The highest BCUT2D eigenvalue weighted by molar-refractivity contribution is 7.78. The molecule has 0 radical (unpaired) electrons. The summed E-state index contributed by atoms with van der Waals surface area (Å²) in [6.45, 7) is 2.49. The van der Waals surface area contributed by atoms with Gasteiger partial charge in [-0.1, -0.05) is 36.1 Å². The first kappa shape index (κ1) is 28.5. The molecule has 0 aromatic carbocycles. The van der Waals surface area contributed by atoms with Gasteiger partial charge in [-0.2, -0.15) is 13.2 Å². The summed E-state index contributed by atoms with van der Waals surface area (Å²) in [5.41, 5.74) is 8.54. The molecule has 0 saturated carbocycles. The molecule has 0 fully saturated rings. The molecule has 10 heteroatoms. The molecule has 0 aliphatic heterocycles. The van der Waals surface area contributed by atoms with Crippen LogP contribution in [0.15, 0.2) is 94.6 Å².